The van der Waals surface area contributed by atoms with Crippen molar-refractivity contribution in [1.29, 1.82) is 0 Å². The highest BCUT2D eigenvalue weighted by molar-refractivity contribution is 9.10. The highest BCUT2D eigenvalue weighted by Gasteiger charge is 2.32. The summed E-state index contributed by atoms with van der Waals surface area (Å²) in [4.78, 5) is 0. The van der Waals surface area contributed by atoms with Crippen LogP contribution in [-0.4, -0.2) is 17.3 Å². The zero-order valence-corrected chi connectivity index (χ0v) is 12.2. The normalized spacial score (nSPS) is 19.8. The van der Waals surface area contributed by atoms with E-state index in [4.69, 9.17) is 10.5 Å². The molecule has 1 aromatic rings. The first-order valence-corrected chi connectivity index (χ1v) is 7.20. The second-order valence-electron chi connectivity index (χ2n) is 5.19. The Balaban J connectivity index is 2.10. The fraction of sp³-hybridized carbons (Fsp3) is 0.571. The van der Waals surface area contributed by atoms with E-state index in [1.807, 2.05) is 25.1 Å². The first kappa shape index (κ1) is 13.8. The lowest BCUT2D eigenvalue weighted by molar-refractivity contribution is 0.00104. The molecule has 0 radical (unpaired) electrons. The van der Waals surface area contributed by atoms with Crippen LogP contribution in [0.2, 0.25) is 0 Å². The standard InChI is InChI=1S/C14H20BrNO2/c1-10(16)12-5-4-11(15)8-13(12)18-9-14(17)6-2-3-7-14/h4-5,8,10,17H,2-3,6-7,9,16H2,1H3. The van der Waals surface area contributed by atoms with Crippen LogP contribution in [0.4, 0.5) is 0 Å². The van der Waals surface area contributed by atoms with Crippen LogP contribution in [0.1, 0.15) is 44.2 Å². The van der Waals surface area contributed by atoms with Gasteiger partial charge in [0, 0.05) is 16.1 Å². The smallest absolute Gasteiger partial charge is 0.125 e. The summed E-state index contributed by atoms with van der Waals surface area (Å²) in [5.41, 5.74) is 6.24. The van der Waals surface area contributed by atoms with Gasteiger partial charge in [-0.05, 0) is 31.9 Å². The van der Waals surface area contributed by atoms with Gasteiger partial charge in [0.25, 0.3) is 0 Å². The van der Waals surface area contributed by atoms with Crippen LogP contribution in [0, 0.1) is 0 Å². The Morgan fingerprint density at radius 1 is 1.44 bits per heavy atom. The molecule has 1 fully saturated rings. The van der Waals surface area contributed by atoms with Gasteiger partial charge in [0.15, 0.2) is 0 Å². The van der Waals surface area contributed by atoms with Crippen molar-refractivity contribution in [1.82, 2.24) is 0 Å². The highest BCUT2D eigenvalue weighted by Crippen LogP contribution is 2.32. The molecule has 1 aliphatic carbocycles. The van der Waals surface area contributed by atoms with Gasteiger partial charge in [-0.25, -0.2) is 0 Å². The molecule has 1 saturated carbocycles. The Bertz CT molecular complexity index is 414. The summed E-state index contributed by atoms with van der Waals surface area (Å²) in [5.74, 6) is 0.764. The van der Waals surface area contributed by atoms with Crippen LogP contribution < -0.4 is 10.5 Å². The summed E-state index contributed by atoms with van der Waals surface area (Å²) in [5, 5.41) is 10.3. The third kappa shape index (κ3) is 3.25. The Labute approximate surface area is 116 Å². The molecule has 2 rings (SSSR count). The van der Waals surface area contributed by atoms with Crippen molar-refractivity contribution in [2.75, 3.05) is 6.61 Å². The average Bonchev–Trinajstić information content (AvgIpc) is 2.74. The summed E-state index contributed by atoms with van der Waals surface area (Å²) in [7, 11) is 0. The molecular weight excluding hydrogens is 294 g/mol. The zero-order valence-electron chi connectivity index (χ0n) is 10.7. The van der Waals surface area contributed by atoms with Gasteiger partial charge >= 0.3 is 0 Å². The molecule has 0 aromatic heterocycles. The van der Waals surface area contributed by atoms with Gasteiger partial charge in [-0.1, -0.05) is 34.8 Å². The molecule has 1 unspecified atom stereocenters. The number of ether oxygens (including phenoxy) is 1. The van der Waals surface area contributed by atoms with Gasteiger partial charge in [0.05, 0.1) is 5.60 Å². The first-order chi connectivity index (χ1) is 8.50. The van der Waals surface area contributed by atoms with Crippen LogP contribution in [0.25, 0.3) is 0 Å². The van der Waals surface area contributed by atoms with Crippen molar-refractivity contribution in [2.45, 2.75) is 44.2 Å². The predicted molar refractivity (Wildman–Crippen MR) is 75.7 cm³/mol. The van der Waals surface area contributed by atoms with Crippen molar-refractivity contribution >= 4 is 15.9 Å². The van der Waals surface area contributed by atoms with E-state index in [2.05, 4.69) is 15.9 Å². The molecule has 0 spiro atoms. The molecule has 0 bridgehead atoms. The largest absolute Gasteiger partial charge is 0.490 e. The number of rotatable bonds is 4. The van der Waals surface area contributed by atoms with Crippen molar-refractivity contribution < 1.29 is 9.84 Å². The monoisotopic (exact) mass is 313 g/mol. The van der Waals surface area contributed by atoms with Crippen molar-refractivity contribution in [3.8, 4) is 5.75 Å². The Kier molecular flexibility index (Phi) is 4.30. The molecule has 4 heteroatoms. The molecule has 1 atom stereocenters. The number of halogens is 1. The van der Waals surface area contributed by atoms with Gasteiger partial charge in [-0.15, -0.1) is 0 Å². The van der Waals surface area contributed by atoms with Gasteiger partial charge < -0.3 is 15.6 Å². The second kappa shape index (κ2) is 5.59. The van der Waals surface area contributed by atoms with Crippen LogP contribution in [-0.2, 0) is 0 Å². The molecule has 1 aliphatic rings. The Morgan fingerprint density at radius 2 is 2.11 bits per heavy atom. The lowest BCUT2D eigenvalue weighted by atomic mass is 10.0. The van der Waals surface area contributed by atoms with Crippen LogP contribution in [0.15, 0.2) is 22.7 Å². The minimum atomic E-state index is -0.655. The van der Waals surface area contributed by atoms with E-state index in [1.165, 1.54) is 0 Å². The molecule has 3 N–H and O–H groups in total. The zero-order chi connectivity index (χ0) is 13.2. The van der Waals surface area contributed by atoms with E-state index in [1.54, 1.807) is 0 Å². The van der Waals surface area contributed by atoms with E-state index in [9.17, 15) is 5.11 Å². The third-order valence-corrected chi connectivity index (χ3v) is 3.99. The van der Waals surface area contributed by atoms with E-state index in [0.717, 1.165) is 41.5 Å². The Hall–Kier alpha value is -0.580. The molecule has 0 amide bonds. The maximum Gasteiger partial charge on any atom is 0.125 e. The number of hydrogen-bond donors (Lipinski definition) is 2. The molecule has 0 aliphatic heterocycles. The number of nitrogens with two attached hydrogens (primary N) is 1. The molecule has 1 aromatic carbocycles. The molecule has 3 nitrogen and oxygen atoms in total. The van der Waals surface area contributed by atoms with Gasteiger partial charge in [0.1, 0.15) is 12.4 Å². The molecular formula is C14H20BrNO2. The van der Waals surface area contributed by atoms with Crippen molar-refractivity contribution in [3.05, 3.63) is 28.2 Å². The number of benzene rings is 1. The third-order valence-electron chi connectivity index (χ3n) is 3.50. The van der Waals surface area contributed by atoms with Gasteiger partial charge in [-0.3, -0.25) is 0 Å². The summed E-state index contributed by atoms with van der Waals surface area (Å²) in [6.45, 7) is 2.28. The highest BCUT2D eigenvalue weighted by atomic mass is 79.9. The van der Waals surface area contributed by atoms with E-state index in [0.29, 0.717) is 6.61 Å². The number of aliphatic hydroxyl groups is 1. The fourth-order valence-electron chi connectivity index (χ4n) is 2.40. The number of hydrogen-bond acceptors (Lipinski definition) is 3. The fourth-order valence-corrected chi connectivity index (χ4v) is 2.74. The Morgan fingerprint density at radius 3 is 2.72 bits per heavy atom. The molecule has 100 valence electrons. The maximum absolute atomic E-state index is 10.3. The summed E-state index contributed by atoms with van der Waals surface area (Å²) in [6.07, 6.45) is 3.82. The summed E-state index contributed by atoms with van der Waals surface area (Å²) in [6, 6.07) is 5.75. The summed E-state index contributed by atoms with van der Waals surface area (Å²) < 4.78 is 6.76. The maximum atomic E-state index is 10.3. The SMILES string of the molecule is CC(N)c1ccc(Br)cc1OCC1(O)CCCC1. The molecule has 18 heavy (non-hydrogen) atoms. The lowest BCUT2D eigenvalue weighted by Gasteiger charge is -2.24. The lowest BCUT2D eigenvalue weighted by Crippen LogP contribution is -2.32. The average molecular weight is 314 g/mol. The predicted octanol–water partition coefficient (Wildman–Crippen LogP) is 3.15. The van der Waals surface area contributed by atoms with Gasteiger partial charge in [0.2, 0.25) is 0 Å². The molecule has 0 saturated heterocycles. The molecule has 0 heterocycles. The van der Waals surface area contributed by atoms with Crippen LogP contribution >= 0.6 is 15.9 Å². The van der Waals surface area contributed by atoms with Crippen LogP contribution in [0.5, 0.6) is 5.75 Å². The summed E-state index contributed by atoms with van der Waals surface area (Å²) >= 11 is 3.43. The van der Waals surface area contributed by atoms with E-state index < -0.39 is 5.60 Å². The first-order valence-electron chi connectivity index (χ1n) is 6.40. The minimum absolute atomic E-state index is 0.0775. The topological polar surface area (TPSA) is 55.5 Å². The van der Waals surface area contributed by atoms with Crippen LogP contribution in [0.3, 0.4) is 0 Å². The minimum Gasteiger partial charge on any atom is -0.490 e. The van der Waals surface area contributed by atoms with Gasteiger partial charge in [-0.2, -0.15) is 0 Å². The van der Waals surface area contributed by atoms with E-state index in [-0.39, 0.29) is 6.04 Å². The second-order valence-corrected chi connectivity index (χ2v) is 6.11. The van der Waals surface area contributed by atoms with E-state index >= 15 is 0 Å². The quantitative estimate of drug-likeness (QED) is 0.897. The van der Waals surface area contributed by atoms with Crippen molar-refractivity contribution in [2.24, 2.45) is 5.73 Å². The van der Waals surface area contributed by atoms with Crippen molar-refractivity contribution in [3.63, 3.8) is 0 Å².